The van der Waals surface area contributed by atoms with E-state index >= 15 is 0 Å². The van der Waals surface area contributed by atoms with Crippen molar-refractivity contribution in [2.45, 2.75) is 13.1 Å². The predicted molar refractivity (Wildman–Crippen MR) is 77.2 cm³/mol. The number of imidazole rings is 1. The summed E-state index contributed by atoms with van der Waals surface area (Å²) in [5.74, 6) is -1.18. The normalized spacial score (nSPS) is 11.9. The highest BCUT2D eigenvalue weighted by Crippen LogP contribution is 2.34. The summed E-state index contributed by atoms with van der Waals surface area (Å²) in [6.45, 7) is 2.26. The highest BCUT2D eigenvalue weighted by Gasteiger charge is 2.38. The van der Waals surface area contributed by atoms with Crippen molar-refractivity contribution in [3.63, 3.8) is 0 Å². The van der Waals surface area contributed by atoms with Gasteiger partial charge < -0.3 is 4.74 Å². The number of hydrogen-bond donors (Lipinski definition) is 0. The van der Waals surface area contributed by atoms with Crippen molar-refractivity contribution >= 4 is 11.0 Å². The highest BCUT2D eigenvalue weighted by atomic mass is 19.4. The summed E-state index contributed by atoms with van der Waals surface area (Å²) < 4.78 is 59.4. The molecule has 0 bridgehead atoms. The highest BCUT2D eigenvalue weighted by molar-refractivity contribution is 5.78. The molecule has 0 radical (unpaired) electrons. The van der Waals surface area contributed by atoms with Crippen LogP contribution in [0.3, 0.4) is 0 Å². The minimum absolute atomic E-state index is 0.0569. The standard InChI is InChI=1S/C16H12F4N2O/c1-2-23-12-6-4-11(5-7-12)22-14-9-10(17)3-8-13(14)21-15(22)16(18,19)20/h3-9H,2H2,1H3. The SMILES string of the molecule is CCOc1ccc(-n2c(C(F)(F)F)nc3ccc(F)cc32)cc1. The third-order valence-corrected chi connectivity index (χ3v) is 3.28. The van der Waals surface area contributed by atoms with Crippen LogP contribution < -0.4 is 4.74 Å². The van der Waals surface area contributed by atoms with Gasteiger partial charge in [-0.2, -0.15) is 13.2 Å². The zero-order valence-corrected chi connectivity index (χ0v) is 12.1. The molecule has 0 amide bonds. The molecule has 7 heteroatoms. The van der Waals surface area contributed by atoms with Crippen molar-refractivity contribution in [1.29, 1.82) is 0 Å². The van der Waals surface area contributed by atoms with Gasteiger partial charge in [-0.3, -0.25) is 4.57 Å². The zero-order chi connectivity index (χ0) is 16.6. The first-order valence-electron chi connectivity index (χ1n) is 6.88. The van der Waals surface area contributed by atoms with E-state index in [2.05, 4.69) is 4.98 Å². The summed E-state index contributed by atoms with van der Waals surface area (Å²) in [5, 5.41) is 0. The molecule has 0 fully saturated rings. The maximum Gasteiger partial charge on any atom is 0.450 e. The first kappa shape index (κ1) is 15.3. The van der Waals surface area contributed by atoms with Gasteiger partial charge in [0.1, 0.15) is 11.6 Å². The Balaban J connectivity index is 2.23. The number of halogens is 4. The van der Waals surface area contributed by atoms with Crippen LogP contribution in [0.4, 0.5) is 17.6 Å². The Morgan fingerprint density at radius 2 is 1.78 bits per heavy atom. The Bertz CT molecular complexity index is 838. The molecule has 3 nitrogen and oxygen atoms in total. The molecule has 0 saturated heterocycles. The third kappa shape index (κ3) is 2.86. The van der Waals surface area contributed by atoms with Crippen LogP contribution in [-0.2, 0) is 6.18 Å². The summed E-state index contributed by atoms with van der Waals surface area (Å²) >= 11 is 0. The van der Waals surface area contributed by atoms with E-state index in [1.54, 1.807) is 12.1 Å². The molecule has 1 heterocycles. The quantitative estimate of drug-likeness (QED) is 0.659. The van der Waals surface area contributed by atoms with Crippen molar-refractivity contribution in [2.75, 3.05) is 6.61 Å². The number of fused-ring (bicyclic) bond motifs is 1. The molecule has 1 aromatic heterocycles. The number of aromatic nitrogens is 2. The van der Waals surface area contributed by atoms with Gasteiger partial charge in [0.25, 0.3) is 0 Å². The maximum absolute atomic E-state index is 13.5. The van der Waals surface area contributed by atoms with Gasteiger partial charge in [0.15, 0.2) is 0 Å². The van der Waals surface area contributed by atoms with Gasteiger partial charge in [0, 0.05) is 11.8 Å². The number of alkyl halides is 3. The van der Waals surface area contributed by atoms with Gasteiger partial charge in [-0.1, -0.05) is 0 Å². The molecule has 0 aliphatic rings. The van der Waals surface area contributed by atoms with Gasteiger partial charge in [-0.05, 0) is 43.3 Å². The van der Waals surface area contributed by atoms with Crippen molar-refractivity contribution in [1.82, 2.24) is 9.55 Å². The van der Waals surface area contributed by atoms with Crippen molar-refractivity contribution in [3.05, 3.63) is 54.1 Å². The molecule has 0 saturated carbocycles. The van der Waals surface area contributed by atoms with Gasteiger partial charge >= 0.3 is 6.18 Å². The number of benzene rings is 2. The minimum atomic E-state index is -4.66. The largest absolute Gasteiger partial charge is 0.494 e. The van der Waals surface area contributed by atoms with Crippen LogP contribution in [0.15, 0.2) is 42.5 Å². The van der Waals surface area contributed by atoms with Gasteiger partial charge in [-0.15, -0.1) is 0 Å². The fourth-order valence-electron chi connectivity index (χ4n) is 2.36. The molecule has 0 atom stereocenters. The van der Waals surface area contributed by atoms with E-state index in [9.17, 15) is 17.6 Å². The summed E-state index contributed by atoms with van der Waals surface area (Å²) in [6.07, 6.45) is -4.66. The molecule has 23 heavy (non-hydrogen) atoms. The Hall–Kier alpha value is -2.57. The van der Waals surface area contributed by atoms with Crippen LogP contribution in [0.25, 0.3) is 16.7 Å². The van der Waals surface area contributed by atoms with Crippen LogP contribution in [0.1, 0.15) is 12.7 Å². The number of ether oxygens (including phenoxy) is 1. The fraction of sp³-hybridized carbons (Fsp3) is 0.188. The average Bonchev–Trinajstić information content (AvgIpc) is 2.87. The van der Waals surface area contributed by atoms with E-state index in [0.717, 1.165) is 16.7 Å². The molecule has 0 N–H and O–H groups in total. The lowest BCUT2D eigenvalue weighted by atomic mass is 10.2. The topological polar surface area (TPSA) is 27.1 Å². The molecule has 3 aromatic rings. The van der Waals surface area contributed by atoms with Crippen molar-refractivity contribution < 1.29 is 22.3 Å². The molecule has 0 unspecified atom stereocenters. The van der Waals surface area contributed by atoms with Gasteiger partial charge in [-0.25, -0.2) is 9.37 Å². The molecule has 0 spiro atoms. The maximum atomic E-state index is 13.5. The summed E-state index contributed by atoms with van der Waals surface area (Å²) in [6, 6.07) is 9.42. The second kappa shape index (κ2) is 5.57. The fourth-order valence-corrected chi connectivity index (χ4v) is 2.36. The Morgan fingerprint density at radius 3 is 2.39 bits per heavy atom. The second-order valence-corrected chi connectivity index (χ2v) is 4.83. The van der Waals surface area contributed by atoms with E-state index in [-0.39, 0.29) is 16.7 Å². The molecular weight excluding hydrogens is 312 g/mol. The molecular formula is C16H12F4N2O. The zero-order valence-electron chi connectivity index (χ0n) is 12.1. The van der Waals surface area contributed by atoms with E-state index < -0.39 is 17.8 Å². The van der Waals surface area contributed by atoms with Crippen LogP contribution in [-0.4, -0.2) is 16.2 Å². The van der Waals surface area contributed by atoms with Crippen LogP contribution in [0.5, 0.6) is 5.75 Å². The predicted octanol–water partition coefficient (Wildman–Crippen LogP) is 4.58. The Morgan fingerprint density at radius 1 is 1.09 bits per heavy atom. The molecule has 3 rings (SSSR count). The van der Waals surface area contributed by atoms with Crippen LogP contribution in [0, 0.1) is 5.82 Å². The summed E-state index contributed by atoms with van der Waals surface area (Å²) in [5.41, 5.74) is 0.364. The molecule has 0 aliphatic carbocycles. The molecule has 2 aromatic carbocycles. The minimum Gasteiger partial charge on any atom is -0.494 e. The van der Waals surface area contributed by atoms with E-state index in [1.807, 2.05) is 6.92 Å². The van der Waals surface area contributed by atoms with Crippen LogP contribution >= 0.6 is 0 Å². The number of nitrogens with zero attached hydrogens (tertiary/aromatic N) is 2. The van der Waals surface area contributed by atoms with E-state index in [1.165, 1.54) is 18.2 Å². The smallest absolute Gasteiger partial charge is 0.450 e. The lowest BCUT2D eigenvalue weighted by molar-refractivity contribution is -0.145. The van der Waals surface area contributed by atoms with Crippen molar-refractivity contribution in [3.8, 4) is 11.4 Å². The lowest BCUT2D eigenvalue weighted by Gasteiger charge is -2.12. The summed E-state index contributed by atoms with van der Waals surface area (Å²) in [7, 11) is 0. The number of hydrogen-bond acceptors (Lipinski definition) is 2. The first-order valence-corrected chi connectivity index (χ1v) is 6.88. The summed E-state index contributed by atoms with van der Waals surface area (Å²) in [4.78, 5) is 3.60. The average molecular weight is 324 g/mol. The Labute approximate surface area is 129 Å². The monoisotopic (exact) mass is 324 g/mol. The van der Waals surface area contributed by atoms with Gasteiger partial charge in [0.2, 0.25) is 5.82 Å². The lowest BCUT2D eigenvalue weighted by Crippen LogP contribution is -2.13. The first-order chi connectivity index (χ1) is 10.9. The van der Waals surface area contributed by atoms with Crippen molar-refractivity contribution in [2.24, 2.45) is 0 Å². The second-order valence-electron chi connectivity index (χ2n) is 4.83. The molecule has 0 aliphatic heterocycles. The Kier molecular flexibility index (Phi) is 3.71. The molecule has 120 valence electrons. The van der Waals surface area contributed by atoms with E-state index in [0.29, 0.717) is 12.4 Å². The van der Waals surface area contributed by atoms with E-state index in [4.69, 9.17) is 4.74 Å². The van der Waals surface area contributed by atoms with Gasteiger partial charge in [0.05, 0.1) is 17.6 Å². The third-order valence-electron chi connectivity index (χ3n) is 3.28. The van der Waals surface area contributed by atoms with Crippen LogP contribution in [0.2, 0.25) is 0 Å². The number of rotatable bonds is 3.